The lowest BCUT2D eigenvalue weighted by molar-refractivity contribution is -0.153. The molecule has 0 bridgehead atoms. The van der Waals surface area contributed by atoms with Gasteiger partial charge in [0.25, 0.3) is 0 Å². The highest BCUT2D eigenvalue weighted by molar-refractivity contribution is 5.81. The van der Waals surface area contributed by atoms with Crippen molar-refractivity contribution in [1.29, 1.82) is 0 Å². The SMILES string of the molecule is COC(=O)C1(NCC2CCCO2)CC(C)CC(C)(C)C1. The molecule has 0 aromatic carbocycles. The van der Waals surface area contributed by atoms with E-state index in [2.05, 4.69) is 26.1 Å². The molecule has 0 radical (unpaired) electrons. The van der Waals surface area contributed by atoms with Gasteiger partial charge in [-0.2, -0.15) is 0 Å². The predicted octanol–water partition coefficient (Wildman–Crippen LogP) is 2.51. The molecule has 0 aromatic rings. The Kier molecular flexibility index (Phi) is 4.75. The maximum Gasteiger partial charge on any atom is 0.326 e. The Morgan fingerprint density at radius 3 is 2.70 bits per heavy atom. The van der Waals surface area contributed by atoms with E-state index in [1.807, 2.05) is 0 Å². The molecule has 2 rings (SSSR count). The van der Waals surface area contributed by atoms with Crippen LogP contribution < -0.4 is 5.32 Å². The van der Waals surface area contributed by atoms with Crippen molar-refractivity contribution in [2.45, 2.75) is 64.5 Å². The maximum atomic E-state index is 12.4. The lowest BCUT2D eigenvalue weighted by atomic mass is 9.64. The van der Waals surface area contributed by atoms with Crippen molar-refractivity contribution in [2.75, 3.05) is 20.3 Å². The number of hydrogen-bond donors (Lipinski definition) is 1. The fourth-order valence-corrected chi connectivity index (χ4v) is 4.24. The Bertz CT molecular complexity index is 350. The third kappa shape index (κ3) is 3.53. The van der Waals surface area contributed by atoms with E-state index in [-0.39, 0.29) is 17.5 Å². The Morgan fingerprint density at radius 2 is 2.15 bits per heavy atom. The number of ether oxygens (including phenoxy) is 2. The molecule has 0 spiro atoms. The zero-order valence-corrected chi connectivity index (χ0v) is 13.3. The molecule has 1 saturated heterocycles. The second-order valence-corrected chi connectivity index (χ2v) is 7.44. The molecule has 1 aliphatic heterocycles. The summed E-state index contributed by atoms with van der Waals surface area (Å²) >= 11 is 0. The molecule has 0 amide bonds. The number of methoxy groups -OCH3 is 1. The van der Waals surface area contributed by atoms with Gasteiger partial charge in [-0.1, -0.05) is 20.8 Å². The van der Waals surface area contributed by atoms with Crippen LogP contribution in [0.4, 0.5) is 0 Å². The van der Waals surface area contributed by atoms with Crippen LogP contribution in [0.5, 0.6) is 0 Å². The summed E-state index contributed by atoms with van der Waals surface area (Å²) < 4.78 is 10.8. The Labute approximate surface area is 122 Å². The molecule has 3 unspecified atom stereocenters. The zero-order chi connectivity index (χ0) is 14.8. The van der Waals surface area contributed by atoms with E-state index in [1.54, 1.807) is 0 Å². The van der Waals surface area contributed by atoms with Crippen LogP contribution in [0.25, 0.3) is 0 Å². The second-order valence-electron chi connectivity index (χ2n) is 7.44. The van der Waals surface area contributed by atoms with Gasteiger partial charge in [0.2, 0.25) is 0 Å². The highest BCUT2D eigenvalue weighted by atomic mass is 16.5. The molecule has 1 saturated carbocycles. The summed E-state index contributed by atoms with van der Waals surface area (Å²) in [5.74, 6) is 0.407. The first-order valence-electron chi connectivity index (χ1n) is 7.82. The van der Waals surface area contributed by atoms with E-state index >= 15 is 0 Å². The summed E-state index contributed by atoms with van der Waals surface area (Å²) in [6.07, 6.45) is 5.31. The van der Waals surface area contributed by atoms with Crippen LogP contribution in [0.2, 0.25) is 0 Å². The van der Waals surface area contributed by atoms with Crippen LogP contribution in [0.1, 0.15) is 52.9 Å². The van der Waals surface area contributed by atoms with Crippen molar-refractivity contribution in [3.05, 3.63) is 0 Å². The molecule has 0 aromatic heterocycles. The van der Waals surface area contributed by atoms with E-state index in [4.69, 9.17) is 9.47 Å². The number of carbonyl (C=O) groups is 1. The normalized spacial score (nSPS) is 36.8. The topological polar surface area (TPSA) is 47.6 Å². The van der Waals surface area contributed by atoms with Crippen molar-refractivity contribution in [3.8, 4) is 0 Å². The molecule has 1 N–H and O–H groups in total. The van der Waals surface area contributed by atoms with Crippen molar-refractivity contribution < 1.29 is 14.3 Å². The van der Waals surface area contributed by atoms with Crippen LogP contribution in [-0.2, 0) is 14.3 Å². The van der Waals surface area contributed by atoms with Gasteiger partial charge in [0, 0.05) is 13.2 Å². The van der Waals surface area contributed by atoms with E-state index in [1.165, 1.54) is 7.11 Å². The third-order valence-corrected chi connectivity index (χ3v) is 4.65. The quantitative estimate of drug-likeness (QED) is 0.805. The molecule has 1 heterocycles. The van der Waals surface area contributed by atoms with Gasteiger partial charge in [-0.3, -0.25) is 10.1 Å². The first-order chi connectivity index (χ1) is 9.37. The van der Waals surface area contributed by atoms with Gasteiger partial charge in [0.1, 0.15) is 5.54 Å². The first kappa shape index (κ1) is 15.8. The molecule has 20 heavy (non-hydrogen) atoms. The van der Waals surface area contributed by atoms with Gasteiger partial charge in [-0.25, -0.2) is 0 Å². The summed E-state index contributed by atoms with van der Waals surface area (Å²) in [5.41, 5.74) is -0.378. The number of hydrogen-bond acceptors (Lipinski definition) is 4. The van der Waals surface area contributed by atoms with Crippen LogP contribution in [0, 0.1) is 11.3 Å². The largest absolute Gasteiger partial charge is 0.468 e. The van der Waals surface area contributed by atoms with E-state index in [9.17, 15) is 4.79 Å². The first-order valence-corrected chi connectivity index (χ1v) is 7.82. The average Bonchev–Trinajstić information content (AvgIpc) is 2.86. The molecule has 2 aliphatic rings. The van der Waals surface area contributed by atoms with Gasteiger partial charge < -0.3 is 9.47 Å². The lowest BCUT2D eigenvalue weighted by Crippen LogP contribution is -2.59. The minimum Gasteiger partial charge on any atom is -0.468 e. The molecule has 3 atom stereocenters. The summed E-state index contributed by atoms with van der Waals surface area (Å²) in [6.45, 7) is 8.31. The number of rotatable bonds is 4. The maximum absolute atomic E-state index is 12.4. The monoisotopic (exact) mass is 283 g/mol. The van der Waals surface area contributed by atoms with Crippen molar-refractivity contribution in [3.63, 3.8) is 0 Å². The van der Waals surface area contributed by atoms with Crippen molar-refractivity contribution in [2.24, 2.45) is 11.3 Å². The molecular formula is C16H29NO3. The minimum atomic E-state index is -0.540. The van der Waals surface area contributed by atoms with Gasteiger partial charge in [0.15, 0.2) is 0 Å². The third-order valence-electron chi connectivity index (χ3n) is 4.65. The van der Waals surface area contributed by atoms with Crippen LogP contribution in [-0.4, -0.2) is 37.9 Å². The lowest BCUT2D eigenvalue weighted by Gasteiger charge is -2.46. The van der Waals surface area contributed by atoms with Crippen LogP contribution in [0.15, 0.2) is 0 Å². The van der Waals surface area contributed by atoms with Gasteiger partial charge in [0.05, 0.1) is 13.2 Å². The number of esters is 1. The standard InChI is InChI=1S/C16H29NO3/c1-12-8-15(2,3)11-16(9-12,14(18)19-4)17-10-13-6-5-7-20-13/h12-13,17H,5-11H2,1-4H3. The number of nitrogens with one attached hydrogen (secondary N) is 1. The van der Waals surface area contributed by atoms with Gasteiger partial charge >= 0.3 is 5.97 Å². The fraction of sp³-hybridized carbons (Fsp3) is 0.938. The predicted molar refractivity (Wildman–Crippen MR) is 78.5 cm³/mol. The molecule has 116 valence electrons. The van der Waals surface area contributed by atoms with Crippen molar-refractivity contribution in [1.82, 2.24) is 5.32 Å². The minimum absolute atomic E-state index is 0.116. The fourth-order valence-electron chi connectivity index (χ4n) is 4.24. The Hall–Kier alpha value is -0.610. The van der Waals surface area contributed by atoms with Crippen molar-refractivity contribution >= 4 is 5.97 Å². The molecule has 1 aliphatic carbocycles. The van der Waals surface area contributed by atoms with Crippen LogP contribution >= 0.6 is 0 Å². The summed E-state index contributed by atoms with van der Waals surface area (Å²) in [4.78, 5) is 12.4. The van der Waals surface area contributed by atoms with E-state index in [0.717, 1.165) is 45.3 Å². The zero-order valence-electron chi connectivity index (χ0n) is 13.3. The highest BCUT2D eigenvalue weighted by Gasteiger charge is 2.48. The summed E-state index contributed by atoms with van der Waals surface area (Å²) in [6, 6.07) is 0. The molecule has 4 nitrogen and oxygen atoms in total. The van der Waals surface area contributed by atoms with E-state index < -0.39 is 5.54 Å². The highest BCUT2D eigenvalue weighted by Crippen LogP contribution is 2.44. The molecular weight excluding hydrogens is 254 g/mol. The number of carbonyl (C=O) groups excluding carboxylic acids is 1. The van der Waals surface area contributed by atoms with Gasteiger partial charge in [-0.15, -0.1) is 0 Å². The second kappa shape index (κ2) is 6.02. The molecule has 2 fully saturated rings. The Balaban J connectivity index is 2.09. The summed E-state index contributed by atoms with van der Waals surface area (Å²) in [5, 5.41) is 3.51. The van der Waals surface area contributed by atoms with Gasteiger partial charge in [-0.05, 0) is 43.4 Å². The molecule has 4 heteroatoms. The summed E-state index contributed by atoms with van der Waals surface area (Å²) in [7, 11) is 1.49. The Morgan fingerprint density at radius 1 is 1.40 bits per heavy atom. The van der Waals surface area contributed by atoms with Crippen LogP contribution in [0.3, 0.4) is 0 Å². The smallest absolute Gasteiger partial charge is 0.326 e. The van der Waals surface area contributed by atoms with E-state index in [0.29, 0.717) is 5.92 Å². The average molecular weight is 283 g/mol.